The van der Waals surface area contributed by atoms with Gasteiger partial charge in [0, 0.05) is 23.8 Å². The molecule has 1 aromatic heterocycles. The lowest BCUT2D eigenvalue weighted by Gasteiger charge is -2.10. The standard InChI is InChI=1S/C18H22N4O.ClH/c1-12-5-7-14(8-6-12)22-16-4-2-3-15(16)17(21-22)18(23)20-13-9-10-19-11-13;/h5-8,13,19H,2-4,9-11H2,1H3,(H,20,23);1H. The molecule has 0 spiro atoms. The van der Waals surface area contributed by atoms with E-state index in [-0.39, 0.29) is 24.4 Å². The number of carbonyl (C=O) groups excluding carboxylic acids is 1. The van der Waals surface area contributed by atoms with E-state index in [2.05, 4.69) is 46.9 Å². The summed E-state index contributed by atoms with van der Waals surface area (Å²) < 4.78 is 1.96. The molecule has 1 saturated heterocycles. The molecule has 0 saturated carbocycles. The summed E-state index contributed by atoms with van der Waals surface area (Å²) in [6, 6.07) is 8.54. The van der Waals surface area contributed by atoms with Crippen LogP contribution in [0.15, 0.2) is 24.3 Å². The molecule has 1 amide bonds. The summed E-state index contributed by atoms with van der Waals surface area (Å²) in [6.07, 6.45) is 4.04. The molecule has 1 aliphatic carbocycles. The van der Waals surface area contributed by atoms with E-state index in [0.717, 1.165) is 50.0 Å². The monoisotopic (exact) mass is 346 g/mol. The second-order valence-corrected chi connectivity index (χ2v) is 6.54. The number of aryl methyl sites for hydroxylation is 1. The number of hydrogen-bond acceptors (Lipinski definition) is 3. The first-order chi connectivity index (χ1) is 11.2. The van der Waals surface area contributed by atoms with E-state index >= 15 is 0 Å². The number of nitrogens with zero attached hydrogens (tertiary/aromatic N) is 2. The number of rotatable bonds is 3. The van der Waals surface area contributed by atoms with Gasteiger partial charge >= 0.3 is 0 Å². The Morgan fingerprint density at radius 1 is 1.29 bits per heavy atom. The molecule has 2 aliphatic rings. The molecule has 2 heterocycles. The Labute approximate surface area is 148 Å². The summed E-state index contributed by atoms with van der Waals surface area (Å²) in [6.45, 7) is 3.90. The fraction of sp³-hybridized carbons (Fsp3) is 0.444. The maximum atomic E-state index is 12.6. The average Bonchev–Trinajstić information content (AvgIpc) is 3.24. The van der Waals surface area contributed by atoms with Gasteiger partial charge in [-0.15, -0.1) is 12.4 Å². The third-order valence-electron chi connectivity index (χ3n) is 4.82. The predicted molar refractivity (Wildman–Crippen MR) is 96.3 cm³/mol. The van der Waals surface area contributed by atoms with E-state index in [0.29, 0.717) is 5.69 Å². The lowest BCUT2D eigenvalue weighted by molar-refractivity contribution is 0.0933. The van der Waals surface area contributed by atoms with Crippen molar-refractivity contribution in [1.82, 2.24) is 20.4 Å². The smallest absolute Gasteiger partial charge is 0.272 e. The van der Waals surface area contributed by atoms with Crippen LogP contribution in [-0.4, -0.2) is 34.8 Å². The van der Waals surface area contributed by atoms with Crippen molar-refractivity contribution in [2.45, 2.75) is 38.6 Å². The quantitative estimate of drug-likeness (QED) is 0.895. The number of aromatic nitrogens is 2. The second kappa shape index (κ2) is 6.95. The third-order valence-corrected chi connectivity index (χ3v) is 4.82. The van der Waals surface area contributed by atoms with E-state index in [9.17, 15) is 4.79 Å². The molecule has 1 aromatic carbocycles. The van der Waals surface area contributed by atoms with E-state index in [1.54, 1.807) is 0 Å². The van der Waals surface area contributed by atoms with Gasteiger partial charge in [-0.25, -0.2) is 4.68 Å². The number of nitrogens with one attached hydrogen (secondary N) is 2. The Morgan fingerprint density at radius 3 is 2.79 bits per heavy atom. The van der Waals surface area contributed by atoms with Crippen molar-refractivity contribution in [2.24, 2.45) is 0 Å². The van der Waals surface area contributed by atoms with Crippen molar-refractivity contribution >= 4 is 18.3 Å². The zero-order valence-electron chi connectivity index (χ0n) is 13.8. The molecule has 1 unspecified atom stereocenters. The Hall–Kier alpha value is -1.85. The van der Waals surface area contributed by atoms with Crippen LogP contribution in [0.4, 0.5) is 0 Å². The van der Waals surface area contributed by atoms with Crippen LogP contribution in [-0.2, 0) is 12.8 Å². The van der Waals surface area contributed by atoms with Crippen LogP contribution in [0.2, 0.25) is 0 Å². The molecule has 5 nitrogen and oxygen atoms in total. The Kier molecular flexibility index (Phi) is 4.92. The van der Waals surface area contributed by atoms with Crippen molar-refractivity contribution in [3.63, 3.8) is 0 Å². The minimum absolute atomic E-state index is 0. The fourth-order valence-electron chi connectivity index (χ4n) is 3.55. The largest absolute Gasteiger partial charge is 0.347 e. The van der Waals surface area contributed by atoms with Gasteiger partial charge in [-0.1, -0.05) is 17.7 Å². The van der Waals surface area contributed by atoms with Crippen LogP contribution in [0.25, 0.3) is 5.69 Å². The van der Waals surface area contributed by atoms with Crippen LogP contribution in [0.5, 0.6) is 0 Å². The molecule has 128 valence electrons. The van der Waals surface area contributed by atoms with Gasteiger partial charge in [0.2, 0.25) is 0 Å². The third kappa shape index (κ3) is 3.06. The van der Waals surface area contributed by atoms with Gasteiger partial charge in [0.25, 0.3) is 5.91 Å². The molecule has 2 aromatic rings. The molecule has 1 fully saturated rings. The first-order valence-electron chi connectivity index (χ1n) is 8.42. The van der Waals surface area contributed by atoms with Gasteiger partial charge in [0.05, 0.1) is 5.69 Å². The highest BCUT2D eigenvalue weighted by Gasteiger charge is 2.28. The van der Waals surface area contributed by atoms with Gasteiger partial charge in [-0.3, -0.25) is 4.79 Å². The van der Waals surface area contributed by atoms with Crippen LogP contribution >= 0.6 is 12.4 Å². The normalized spacial score (nSPS) is 19.0. The zero-order chi connectivity index (χ0) is 15.8. The maximum Gasteiger partial charge on any atom is 0.272 e. The summed E-state index contributed by atoms with van der Waals surface area (Å²) in [4.78, 5) is 12.6. The topological polar surface area (TPSA) is 59.0 Å². The van der Waals surface area contributed by atoms with E-state index in [1.807, 2.05) is 4.68 Å². The second-order valence-electron chi connectivity index (χ2n) is 6.54. The van der Waals surface area contributed by atoms with Crippen molar-refractivity contribution in [3.8, 4) is 5.69 Å². The van der Waals surface area contributed by atoms with Crippen molar-refractivity contribution in [3.05, 3.63) is 46.8 Å². The first-order valence-corrected chi connectivity index (χ1v) is 8.42. The molecule has 1 atom stereocenters. The highest BCUT2D eigenvalue weighted by molar-refractivity contribution is 5.94. The van der Waals surface area contributed by atoms with Gasteiger partial charge in [-0.2, -0.15) is 5.10 Å². The molecule has 24 heavy (non-hydrogen) atoms. The van der Waals surface area contributed by atoms with Crippen molar-refractivity contribution < 1.29 is 4.79 Å². The number of carbonyl (C=O) groups is 1. The predicted octanol–water partition coefficient (Wildman–Crippen LogP) is 2.18. The fourth-order valence-corrected chi connectivity index (χ4v) is 3.55. The number of amides is 1. The molecular weight excluding hydrogens is 324 g/mol. The molecule has 0 radical (unpaired) electrons. The average molecular weight is 347 g/mol. The summed E-state index contributed by atoms with van der Waals surface area (Å²) in [5, 5.41) is 11.1. The number of hydrogen-bond donors (Lipinski definition) is 2. The summed E-state index contributed by atoms with van der Waals surface area (Å²) in [7, 11) is 0. The van der Waals surface area contributed by atoms with Crippen LogP contribution in [0, 0.1) is 6.92 Å². The number of fused-ring (bicyclic) bond motifs is 1. The van der Waals surface area contributed by atoms with Crippen molar-refractivity contribution in [2.75, 3.05) is 13.1 Å². The van der Waals surface area contributed by atoms with Gasteiger partial charge in [0.15, 0.2) is 5.69 Å². The van der Waals surface area contributed by atoms with Crippen molar-refractivity contribution in [1.29, 1.82) is 0 Å². The van der Waals surface area contributed by atoms with Gasteiger partial charge in [-0.05, 0) is 51.3 Å². The lowest BCUT2D eigenvalue weighted by Crippen LogP contribution is -2.36. The number of halogens is 1. The molecule has 1 aliphatic heterocycles. The van der Waals surface area contributed by atoms with Gasteiger partial charge in [0.1, 0.15) is 0 Å². The van der Waals surface area contributed by atoms with Crippen LogP contribution < -0.4 is 10.6 Å². The first kappa shape index (κ1) is 17.0. The van der Waals surface area contributed by atoms with E-state index in [4.69, 9.17) is 0 Å². The highest BCUT2D eigenvalue weighted by Crippen LogP contribution is 2.28. The minimum Gasteiger partial charge on any atom is -0.347 e. The van der Waals surface area contributed by atoms with Gasteiger partial charge < -0.3 is 10.6 Å². The Balaban J connectivity index is 0.00000169. The van der Waals surface area contributed by atoms with Crippen LogP contribution in [0.3, 0.4) is 0 Å². The molecule has 4 rings (SSSR count). The number of benzene rings is 1. The van der Waals surface area contributed by atoms with Crippen LogP contribution in [0.1, 0.15) is 40.2 Å². The summed E-state index contributed by atoms with van der Waals surface area (Å²) in [5.74, 6) is -0.0253. The highest BCUT2D eigenvalue weighted by atomic mass is 35.5. The maximum absolute atomic E-state index is 12.6. The van der Waals surface area contributed by atoms with E-state index < -0.39 is 0 Å². The molecule has 0 bridgehead atoms. The Morgan fingerprint density at radius 2 is 2.08 bits per heavy atom. The zero-order valence-corrected chi connectivity index (χ0v) is 14.7. The Bertz CT molecular complexity index is 732. The molecule has 2 N–H and O–H groups in total. The summed E-state index contributed by atoms with van der Waals surface area (Å²) >= 11 is 0. The lowest BCUT2D eigenvalue weighted by atomic mass is 10.1. The molecular formula is C18H23ClN4O. The summed E-state index contributed by atoms with van der Waals surface area (Å²) in [5.41, 5.74) is 5.21. The molecule has 6 heteroatoms. The van der Waals surface area contributed by atoms with E-state index in [1.165, 1.54) is 11.3 Å². The minimum atomic E-state index is -0.0253. The SMILES string of the molecule is Cc1ccc(-n2nc(C(=O)NC3CCNC3)c3c2CCC3)cc1.Cl.